The summed E-state index contributed by atoms with van der Waals surface area (Å²) < 4.78 is 2.04. The molecule has 0 aliphatic carbocycles. The first-order chi connectivity index (χ1) is 9.07. The van der Waals surface area contributed by atoms with E-state index in [-0.39, 0.29) is 5.41 Å². The van der Waals surface area contributed by atoms with Gasteiger partial charge in [-0.2, -0.15) is 5.10 Å². The van der Waals surface area contributed by atoms with Crippen LogP contribution in [0.2, 0.25) is 0 Å². The summed E-state index contributed by atoms with van der Waals surface area (Å²) in [7, 11) is 0. The lowest BCUT2D eigenvalue weighted by Crippen LogP contribution is -2.29. The second-order valence-corrected chi connectivity index (χ2v) is 6.46. The minimum Gasteiger partial charge on any atom is -0.316 e. The Hall–Kier alpha value is -1.42. The van der Waals surface area contributed by atoms with Crippen LogP contribution in [0.4, 0.5) is 0 Å². The normalized spacial score (nSPS) is 20.9. The van der Waals surface area contributed by atoms with Crippen molar-refractivity contribution in [2.75, 3.05) is 13.1 Å². The molecule has 1 aliphatic heterocycles. The Labute approximate surface area is 114 Å². The zero-order chi connectivity index (χ0) is 13.5. The molecule has 0 radical (unpaired) electrons. The number of aromatic nitrogens is 3. The van der Waals surface area contributed by atoms with E-state index in [2.05, 4.69) is 42.2 Å². The summed E-state index contributed by atoms with van der Waals surface area (Å²) >= 11 is 0. The molecule has 1 fully saturated rings. The highest BCUT2D eigenvalue weighted by atomic mass is 15.3. The first-order valence-electron chi connectivity index (χ1n) is 7.11. The van der Waals surface area contributed by atoms with Gasteiger partial charge in [-0.25, -0.2) is 9.50 Å². The molecular formula is C15H22N4. The standard InChI is InChI=1S/C15H22N4/c1-15(2,3)12-10-18-19-13(6-8-17-14(12)19)11-5-4-7-16-9-11/h6,8,10-11,16H,4-5,7,9H2,1-3H3. The number of rotatable bonds is 1. The van der Waals surface area contributed by atoms with Crippen molar-refractivity contribution in [1.82, 2.24) is 19.9 Å². The van der Waals surface area contributed by atoms with Crippen molar-refractivity contribution in [3.05, 3.63) is 29.7 Å². The third kappa shape index (κ3) is 2.25. The molecule has 3 heterocycles. The molecule has 3 rings (SSSR count). The molecule has 4 heteroatoms. The van der Waals surface area contributed by atoms with E-state index >= 15 is 0 Å². The molecule has 1 unspecified atom stereocenters. The van der Waals surface area contributed by atoms with E-state index < -0.39 is 0 Å². The van der Waals surface area contributed by atoms with Crippen LogP contribution in [0.5, 0.6) is 0 Å². The van der Waals surface area contributed by atoms with Gasteiger partial charge < -0.3 is 5.32 Å². The minimum absolute atomic E-state index is 0.0815. The molecule has 2 aromatic heterocycles. The second kappa shape index (κ2) is 4.60. The van der Waals surface area contributed by atoms with Crippen LogP contribution in [0.15, 0.2) is 18.5 Å². The Balaban J connectivity index is 2.09. The fraction of sp³-hybridized carbons (Fsp3) is 0.600. The number of nitrogens with zero attached hydrogens (tertiary/aromatic N) is 3. The lowest BCUT2D eigenvalue weighted by Gasteiger charge is -2.23. The van der Waals surface area contributed by atoms with E-state index in [0.717, 1.165) is 18.7 Å². The van der Waals surface area contributed by atoms with Gasteiger partial charge in [-0.15, -0.1) is 0 Å². The molecule has 1 aliphatic rings. The average Bonchev–Trinajstić information content (AvgIpc) is 2.83. The Morgan fingerprint density at radius 1 is 1.37 bits per heavy atom. The molecule has 2 aromatic rings. The van der Waals surface area contributed by atoms with Gasteiger partial charge in [-0.1, -0.05) is 20.8 Å². The minimum atomic E-state index is 0.0815. The molecule has 102 valence electrons. The Kier molecular flexibility index (Phi) is 3.05. The molecule has 0 amide bonds. The molecule has 0 spiro atoms. The quantitative estimate of drug-likeness (QED) is 0.854. The summed E-state index contributed by atoms with van der Waals surface area (Å²) in [4.78, 5) is 4.54. The van der Waals surface area contributed by atoms with Crippen molar-refractivity contribution in [2.45, 2.75) is 44.9 Å². The summed E-state index contributed by atoms with van der Waals surface area (Å²) in [6.07, 6.45) is 6.37. The summed E-state index contributed by atoms with van der Waals surface area (Å²) in [5.74, 6) is 0.548. The van der Waals surface area contributed by atoms with Gasteiger partial charge in [0, 0.05) is 24.2 Å². The van der Waals surface area contributed by atoms with Gasteiger partial charge in [0.15, 0.2) is 5.65 Å². The van der Waals surface area contributed by atoms with Gasteiger partial charge in [0.1, 0.15) is 0 Å². The second-order valence-electron chi connectivity index (χ2n) is 6.46. The van der Waals surface area contributed by atoms with Gasteiger partial charge >= 0.3 is 0 Å². The maximum absolute atomic E-state index is 4.59. The number of fused-ring (bicyclic) bond motifs is 1. The van der Waals surface area contributed by atoms with Gasteiger partial charge in [-0.3, -0.25) is 0 Å². The van der Waals surface area contributed by atoms with E-state index in [4.69, 9.17) is 0 Å². The molecule has 4 nitrogen and oxygen atoms in total. The molecule has 1 saturated heterocycles. The highest BCUT2D eigenvalue weighted by Crippen LogP contribution is 2.28. The van der Waals surface area contributed by atoms with Crippen LogP contribution >= 0.6 is 0 Å². The zero-order valence-corrected chi connectivity index (χ0v) is 12.0. The van der Waals surface area contributed by atoms with E-state index in [9.17, 15) is 0 Å². The SMILES string of the molecule is CC(C)(C)c1cnn2c(C3CCCNC3)ccnc12. The van der Waals surface area contributed by atoms with Crippen molar-refractivity contribution in [3.8, 4) is 0 Å². The highest BCUT2D eigenvalue weighted by Gasteiger charge is 2.23. The summed E-state index contributed by atoms with van der Waals surface area (Å²) in [6.45, 7) is 8.81. The maximum Gasteiger partial charge on any atom is 0.158 e. The van der Waals surface area contributed by atoms with Gasteiger partial charge in [0.25, 0.3) is 0 Å². The highest BCUT2D eigenvalue weighted by molar-refractivity contribution is 5.50. The maximum atomic E-state index is 4.59. The van der Waals surface area contributed by atoms with E-state index in [1.807, 2.05) is 16.9 Å². The molecule has 1 N–H and O–H groups in total. The van der Waals surface area contributed by atoms with Crippen LogP contribution in [0.25, 0.3) is 5.65 Å². The molecule has 0 saturated carbocycles. The van der Waals surface area contributed by atoms with Gasteiger partial charge in [-0.05, 0) is 30.9 Å². The number of hydrogen-bond acceptors (Lipinski definition) is 3. The molecule has 1 atom stereocenters. The topological polar surface area (TPSA) is 42.2 Å². The first kappa shape index (κ1) is 12.6. The van der Waals surface area contributed by atoms with Gasteiger partial charge in [0.05, 0.1) is 11.9 Å². The number of piperidine rings is 1. The Morgan fingerprint density at radius 2 is 2.21 bits per heavy atom. The average molecular weight is 258 g/mol. The third-order valence-corrected chi connectivity index (χ3v) is 3.95. The smallest absolute Gasteiger partial charge is 0.158 e. The number of hydrogen-bond donors (Lipinski definition) is 1. The van der Waals surface area contributed by atoms with Crippen LogP contribution in [-0.4, -0.2) is 27.7 Å². The lowest BCUT2D eigenvalue weighted by atomic mass is 9.89. The van der Waals surface area contributed by atoms with Crippen molar-refractivity contribution < 1.29 is 0 Å². The van der Waals surface area contributed by atoms with Crippen LogP contribution in [0.1, 0.15) is 50.8 Å². The molecule has 19 heavy (non-hydrogen) atoms. The predicted molar refractivity (Wildman–Crippen MR) is 76.5 cm³/mol. The van der Waals surface area contributed by atoms with Crippen molar-refractivity contribution >= 4 is 5.65 Å². The Morgan fingerprint density at radius 3 is 2.89 bits per heavy atom. The van der Waals surface area contributed by atoms with E-state index in [1.54, 1.807) is 0 Å². The van der Waals surface area contributed by atoms with Crippen LogP contribution in [0, 0.1) is 0 Å². The van der Waals surface area contributed by atoms with Gasteiger partial charge in [0.2, 0.25) is 0 Å². The van der Waals surface area contributed by atoms with Crippen molar-refractivity contribution in [2.24, 2.45) is 0 Å². The van der Waals surface area contributed by atoms with Crippen LogP contribution in [0.3, 0.4) is 0 Å². The molecular weight excluding hydrogens is 236 g/mol. The van der Waals surface area contributed by atoms with Crippen molar-refractivity contribution in [3.63, 3.8) is 0 Å². The zero-order valence-electron chi connectivity index (χ0n) is 12.0. The van der Waals surface area contributed by atoms with Crippen LogP contribution in [-0.2, 0) is 5.41 Å². The predicted octanol–water partition coefficient (Wildman–Crippen LogP) is 2.49. The monoisotopic (exact) mass is 258 g/mol. The molecule has 0 aromatic carbocycles. The summed E-state index contributed by atoms with van der Waals surface area (Å²) in [6, 6.07) is 2.12. The Bertz CT molecular complexity index is 573. The first-order valence-corrected chi connectivity index (χ1v) is 7.11. The third-order valence-electron chi connectivity index (χ3n) is 3.95. The van der Waals surface area contributed by atoms with E-state index in [0.29, 0.717) is 5.92 Å². The summed E-state index contributed by atoms with van der Waals surface area (Å²) in [5.41, 5.74) is 3.60. The van der Waals surface area contributed by atoms with Crippen LogP contribution < -0.4 is 5.32 Å². The fourth-order valence-corrected chi connectivity index (χ4v) is 2.85. The largest absolute Gasteiger partial charge is 0.316 e. The fourth-order valence-electron chi connectivity index (χ4n) is 2.85. The number of nitrogens with one attached hydrogen (secondary N) is 1. The van der Waals surface area contributed by atoms with Crippen molar-refractivity contribution in [1.29, 1.82) is 0 Å². The lowest BCUT2D eigenvalue weighted by molar-refractivity contribution is 0.448. The summed E-state index contributed by atoms with van der Waals surface area (Å²) in [5, 5.41) is 8.06. The van der Waals surface area contributed by atoms with E-state index in [1.165, 1.54) is 24.1 Å². The molecule has 0 bridgehead atoms.